The van der Waals surface area contributed by atoms with Crippen LogP contribution >= 0.6 is 22.9 Å². The summed E-state index contributed by atoms with van der Waals surface area (Å²) in [5.41, 5.74) is 0.583. The fourth-order valence-electron chi connectivity index (χ4n) is 3.42. The van der Waals surface area contributed by atoms with E-state index in [4.69, 9.17) is 16.3 Å². The second kappa shape index (κ2) is 10.1. The number of nitrogens with zero attached hydrogens (tertiary/aromatic N) is 1. The summed E-state index contributed by atoms with van der Waals surface area (Å²) in [4.78, 5) is 26.3. The number of nitrogens with one attached hydrogen (secondary N) is 1. The number of thiophene rings is 1. The second-order valence-electron chi connectivity index (χ2n) is 7.41. The summed E-state index contributed by atoms with van der Waals surface area (Å²) in [6.45, 7) is 4.14. The first kappa shape index (κ1) is 23.7. The van der Waals surface area contributed by atoms with Crippen molar-refractivity contribution in [1.82, 2.24) is 4.31 Å². The third-order valence-electron chi connectivity index (χ3n) is 5.01. The largest absolute Gasteiger partial charge is 0.452 e. The Balaban J connectivity index is 1.68. The number of hydrogen-bond acceptors (Lipinski definition) is 6. The predicted molar refractivity (Wildman–Crippen MR) is 121 cm³/mol. The van der Waals surface area contributed by atoms with E-state index in [1.54, 1.807) is 6.07 Å². The van der Waals surface area contributed by atoms with Gasteiger partial charge in [-0.2, -0.15) is 4.31 Å². The molecule has 0 spiro atoms. The Morgan fingerprint density at radius 1 is 1.13 bits per heavy atom. The maximum atomic E-state index is 13.0. The molecule has 7 nitrogen and oxygen atoms in total. The number of sulfonamides is 1. The summed E-state index contributed by atoms with van der Waals surface area (Å²) >= 11 is 7.63. The van der Waals surface area contributed by atoms with Crippen molar-refractivity contribution >= 4 is 50.5 Å². The van der Waals surface area contributed by atoms with Gasteiger partial charge in [-0.1, -0.05) is 24.4 Å². The van der Waals surface area contributed by atoms with Gasteiger partial charge in [0.1, 0.15) is 0 Å². The summed E-state index contributed by atoms with van der Waals surface area (Å²) in [5, 5.41) is 2.73. The third kappa shape index (κ3) is 5.85. The van der Waals surface area contributed by atoms with Gasteiger partial charge in [0.2, 0.25) is 10.0 Å². The van der Waals surface area contributed by atoms with Crippen LogP contribution in [0.4, 0.5) is 5.69 Å². The van der Waals surface area contributed by atoms with E-state index in [1.165, 1.54) is 33.8 Å². The topological polar surface area (TPSA) is 92.8 Å². The Bertz CT molecular complexity index is 1070. The molecule has 1 aromatic heterocycles. The van der Waals surface area contributed by atoms with Gasteiger partial charge in [0.05, 0.1) is 21.2 Å². The molecule has 1 amide bonds. The standard InChI is InChI=1S/C21H25ClN2O5S2/c1-14-11-17(15(2)30-14)21(26)29-13-20(25)23-19-12-16(7-8-18(19)22)31(27,28)24-9-5-3-4-6-10-24/h7-8,11-12H,3-6,9-10,13H2,1-2H3,(H,23,25). The number of anilines is 1. The van der Waals surface area contributed by atoms with Crippen LogP contribution in [0, 0.1) is 13.8 Å². The summed E-state index contributed by atoms with van der Waals surface area (Å²) in [6.07, 6.45) is 3.67. The predicted octanol–water partition coefficient (Wildman–Crippen LogP) is 4.38. The monoisotopic (exact) mass is 484 g/mol. The molecule has 1 aromatic carbocycles. The van der Waals surface area contributed by atoms with Crippen LogP contribution in [0.3, 0.4) is 0 Å². The number of carbonyl (C=O) groups excluding carboxylic acids is 2. The molecule has 1 aliphatic rings. The summed E-state index contributed by atoms with van der Waals surface area (Å²) in [5.74, 6) is -1.19. The van der Waals surface area contributed by atoms with E-state index < -0.39 is 28.5 Å². The molecule has 168 valence electrons. The second-order valence-corrected chi connectivity index (χ2v) is 11.2. The molecule has 1 saturated heterocycles. The van der Waals surface area contributed by atoms with Crippen molar-refractivity contribution in [2.75, 3.05) is 25.0 Å². The Labute approximate surface area is 191 Å². The van der Waals surface area contributed by atoms with Gasteiger partial charge >= 0.3 is 5.97 Å². The molecule has 1 N–H and O–H groups in total. The SMILES string of the molecule is Cc1cc(C(=O)OCC(=O)Nc2cc(S(=O)(=O)N3CCCCCC3)ccc2Cl)c(C)s1. The number of halogens is 1. The maximum absolute atomic E-state index is 13.0. The Hall–Kier alpha value is -1.94. The van der Waals surface area contributed by atoms with E-state index in [0.717, 1.165) is 35.4 Å². The molecule has 0 aliphatic carbocycles. The Kier molecular flexibility index (Phi) is 7.74. The number of amides is 1. The first-order valence-electron chi connectivity index (χ1n) is 10.0. The quantitative estimate of drug-likeness (QED) is 0.614. The molecular weight excluding hydrogens is 460 g/mol. The van der Waals surface area contributed by atoms with Gasteiger partial charge in [-0.3, -0.25) is 4.79 Å². The lowest BCUT2D eigenvalue weighted by Crippen LogP contribution is -2.32. The van der Waals surface area contributed by atoms with E-state index >= 15 is 0 Å². The Morgan fingerprint density at radius 3 is 2.42 bits per heavy atom. The number of rotatable bonds is 6. The smallest absolute Gasteiger partial charge is 0.339 e. The van der Waals surface area contributed by atoms with Crippen LogP contribution in [0.15, 0.2) is 29.2 Å². The van der Waals surface area contributed by atoms with Gasteiger partial charge in [-0.15, -0.1) is 11.3 Å². The number of benzene rings is 1. The van der Waals surface area contributed by atoms with Crippen molar-refractivity contribution in [2.45, 2.75) is 44.4 Å². The zero-order valence-corrected chi connectivity index (χ0v) is 19.8. The molecule has 0 saturated carbocycles. The molecular formula is C21H25ClN2O5S2. The minimum Gasteiger partial charge on any atom is -0.452 e. The zero-order valence-electron chi connectivity index (χ0n) is 17.4. The molecule has 2 aromatic rings. The fourth-order valence-corrected chi connectivity index (χ4v) is 6.04. The van der Waals surface area contributed by atoms with E-state index in [9.17, 15) is 18.0 Å². The number of carbonyl (C=O) groups is 2. The lowest BCUT2D eigenvalue weighted by Gasteiger charge is -2.20. The highest BCUT2D eigenvalue weighted by atomic mass is 35.5. The molecule has 0 atom stereocenters. The lowest BCUT2D eigenvalue weighted by atomic mass is 10.2. The van der Waals surface area contributed by atoms with Gasteiger partial charge in [0.25, 0.3) is 5.91 Å². The van der Waals surface area contributed by atoms with E-state index in [0.29, 0.717) is 18.7 Å². The highest BCUT2D eigenvalue weighted by molar-refractivity contribution is 7.89. The molecule has 3 rings (SSSR count). The van der Waals surface area contributed by atoms with Gasteiger partial charge < -0.3 is 10.1 Å². The summed E-state index contributed by atoms with van der Waals surface area (Å²) in [7, 11) is -3.69. The summed E-state index contributed by atoms with van der Waals surface area (Å²) < 4.78 is 32.6. The van der Waals surface area contributed by atoms with Crippen LogP contribution in [0.1, 0.15) is 45.8 Å². The Morgan fingerprint density at radius 2 is 1.81 bits per heavy atom. The highest BCUT2D eigenvalue weighted by Gasteiger charge is 2.26. The van der Waals surface area contributed by atoms with E-state index in [1.807, 2.05) is 13.8 Å². The van der Waals surface area contributed by atoms with Crippen molar-refractivity contribution in [2.24, 2.45) is 0 Å². The molecule has 1 aliphatic heterocycles. The van der Waals surface area contributed by atoms with Gasteiger partial charge in [0, 0.05) is 22.8 Å². The fraction of sp³-hybridized carbons (Fsp3) is 0.429. The van der Waals surface area contributed by atoms with Crippen molar-refractivity contribution in [1.29, 1.82) is 0 Å². The van der Waals surface area contributed by atoms with E-state index in [2.05, 4.69) is 5.32 Å². The molecule has 0 radical (unpaired) electrons. The van der Waals surface area contributed by atoms with Crippen molar-refractivity contribution in [3.63, 3.8) is 0 Å². The van der Waals surface area contributed by atoms with Gasteiger partial charge in [0.15, 0.2) is 6.61 Å². The minimum atomic E-state index is -3.69. The highest BCUT2D eigenvalue weighted by Crippen LogP contribution is 2.28. The zero-order chi connectivity index (χ0) is 22.6. The number of esters is 1. The molecule has 2 heterocycles. The van der Waals surface area contributed by atoms with Crippen LogP contribution in [0.2, 0.25) is 5.02 Å². The third-order valence-corrected chi connectivity index (χ3v) is 8.20. The molecule has 1 fully saturated rings. The van der Waals surface area contributed by atoms with Crippen LogP contribution in [-0.4, -0.2) is 44.3 Å². The van der Waals surface area contributed by atoms with Crippen LogP contribution in [0.5, 0.6) is 0 Å². The van der Waals surface area contributed by atoms with Crippen molar-refractivity contribution in [3.8, 4) is 0 Å². The minimum absolute atomic E-state index is 0.0652. The van der Waals surface area contributed by atoms with Crippen molar-refractivity contribution < 1.29 is 22.7 Å². The average molecular weight is 485 g/mol. The number of aryl methyl sites for hydroxylation is 2. The molecule has 31 heavy (non-hydrogen) atoms. The molecule has 0 bridgehead atoms. The van der Waals surface area contributed by atoms with Gasteiger partial charge in [-0.25, -0.2) is 13.2 Å². The summed E-state index contributed by atoms with van der Waals surface area (Å²) in [6, 6.07) is 5.92. The van der Waals surface area contributed by atoms with Crippen molar-refractivity contribution in [3.05, 3.63) is 44.6 Å². The maximum Gasteiger partial charge on any atom is 0.339 e. The van der Waals surface area contributed by atoms with Crippen LogP contribution < -0.4 is 5.32 Å². The first-order valence-corrected chi connectivity index (χ1v) is 12.7. The lowest BCUT2D eigenvalue weighted by molar-refractivity contribution is -0.119. The normalized spacial score (nSPS) is 15.3. The van der Waals surface area contributed by atoms with Crippen LogP contribution in [0.25, 0.3) is 0 Å². The average Bonchev–Trinajstić information content (AvgIpc) is 2.91. The molecule has 0 unspecified atom stereocenters. The van der Waals surface area contributed by atoms with Gasteiger partial charge in [-0.05, 0) is 51.0 Å². The molecule has 10 heteroatoms. The first-order chi connectivity index (χ1) is 14.7. The number of ether oxygens (including phenoxy) is 1. The number of hydrogen-bond donors (Lipinski definition) is 1. The van der Waals surface area contributed by atoms with Crippen LogP contribution in [-0.2, 0) is 19.6 Å². The van der Waals surface area contributed by atoms with E-state index in [-0.39, 0.29) is 15.6 Å².